The van der Waals surface area contributed by atoms with Crippen LogP contribution in [0.4, 0.5) is 0 Å². The lowest BCUT2D eigenvalue weighted by molar-refractivity contribution is 0.0293. The molecule has 2 rings (SSSR count). The molecule has 0 aromatic carbocycles. The summed E-state index contributed by atoms with van der Waals surface area (Å²) in [6.45, 7) is 12.7. The van der Waals surface area contributed by atoms with Gasteiger partial charge >= 0.3 is 0 Å². The van der Waals surface area contributed by atoms with Crippen LogP contribution in [0.15, 0.2) is 29.3 Å². The molecule has 0 aromatic rings. The van der Waals surface area contributed by atoms with Crippen molar-refractivity contribution in [3.8, 4) is 0 Å². The first kappa shape index (κ1) is 17.2. The van der Waals surface area contributed by atoms with E-state index in [-0.39, 0.29) is 17.7 Å². The highest BCUT2D eigenvalue weighted by molar-refractivity contribution is 5.87. The Hall–Kier alpha value is -1.13. The third-order valence-corrected chi connectivity index (χ3v) is 4.37. The van der Waals surface area contributed by atoms with Crippen LogP contribution in [0.3, 0.4) is 0 Å². The minimum atomic E-state index is -0.189. The number of aliphatic imine (C=N–C) groups is 1. The molecule has 1 saturated heterocycles. The second-order valence-electron chi connectivity index (χ2n) is 6.36. The van der Waals surface area contributed by atoms with E-state index in [1.165, 1.54) is 0 Å². The Labute approximate surface area is 134 Å². The van der Waals surface area contributed by atoms with Crippen molar-refractivity contribution in [3.63, 3.8) is 0 Å². The largest absolute Gasteiger partial charge is 0.376 e. The Morgan fingerprint density at radius 2 is 2.36 bits per heavy atom. The Morgan fingerprint density at radius 1 is 1.55 bits per heavy atom. The Kier molecular flexibility index (Phi) is 6.21. The van der Waals surface area contributed by atoms with Crippen LogP contribution in [-0.2, 0) is 9.47 Å². The predicted molar refractivity (Wildman–Crippen MR) is 91.4 cm³/mol. The summed E-state index contributed by atoms with van der Waals surface area (Å²) < 4.78 is 11.4. The molecule has 2 aliphatic heterocycles. The zero-order chi connectivity index (χ0) is 16.0. The summed E-state index contributed by atoms with van der Waals surface area (Å²) in [6.07, 6.45) is 8.87. The zero-order valence-electron chi connectivity index (χ0n) is 14.2. The van der Waals surface area contributed by atoms with Gasteiger partial charge < -0.3 is 14.8 Å². The van der Waals surface area contributed by atoms with Crippen molar-refractivity contribution in [1.82, 2.24) is 5.32 Å². The summed E-state index contributed by atoms with van der Waals surface area (Å²) >= 11 is 0. The molecule has 4 heteroatoms. The van der Waals surface area contributed by atoms with Crippen molar-refractivity contribution in [2.45, 2.75) is 64.1 Å². The summed E-state index contributed by atoms with van der Waals surface area (Å²) in [7, 11) is 0. The van der Waals surface area contributed by atoms with Gasteiger partial charge in [-0.15, -0.1) is 0 Å². The highest BCUT2D eigenvalue weighted by Crippen LogP contribution is 2.28. The molecule has 0 bridgehead atoms. The van der Waals surface area contributed by atoms with Crippen LogP contribution in [0, 0.1) is 0 Å². The van der Waals surface area contributed by atoms with E-state index < -0.39 is 0 Å². The number of hydrogen-bond donors (Lipinski definition) is 1. The maximum Gasteiger partial charge on any atom is 0.124 e. The number of nitrogens with zero attached hydrogens (tertiary/aromatic N) is 1. The summed E-state index contributed by atoms with van der Waals surface area (Å²) in [4.78, 5) is 4.82. The average molecular weight is 306 g/mol. The number of allylic oxidation sites excluding steroid dienone is 1. The third-order valence-electron chi connectivity index (χ3n) is 4.37. The van der Waals surface area contributed by atoms with Crippen molar-refractivity contribution in [2.24, 2.45) is 4.99 Å². The van der Waals surface area contributed by atoms with Gasteiger partial charge in [0.05, 0.1) is 24.3 Å². The molecule has 0 aliphatic carbocycles. The van der Waals surface area contributed by atoms with Crippen LogP contribution in [0.25, 0.3) is 0 Å². The van der Waals surface area contributed by atoms with E-state index in [2.05, 4.69) is 44.8 Å². The van der Waals surface area contributed by atoms with Crippen molar-refractivity contribution in [2.75, 3.05) is 19.8 Å². The summed E-state index contributed by atoms with van der Waals surface area (Å²) in [5, 5.41) is 3.53. The first-order valence-electron chi connectivity index (χ1n) is 8.48. The van der Waals surface area contributed by atoms with E-state index in [1.54, 1.807) is 0 Å². The lowest BCUT2D eigenvalue weighted by atomic mass is 9.87. The topological polar surface area (TPSA) is 42.9 Å². The van der Waals surface area contributed by atoms with E-state index in [4.69, 9.17) is 14.5 Å². The molecule has 2 aliphatic rings. The molecule has 1 N–H and O–H groups in total. The van der Waals surface area contributed by atoms with E-state index in [1.807, 2.05) is 0 Å². The molecule has 0 amide bonds. The molecule has 22 heavy (non-hydrogen) atoms. The van der Waals surface area contributed by atoms with Gasteiger partial charge in [0.1, 0.15) is 12.4 Å². The molecule has 124 valence electrons. The molecular formula is C18H30N2O2. The number of rotatable bonds is 8. The van der Waals surface area contributed by atoms with Crippen LogP contribution in [0.5, 0.6) is 0 Å². The van der Waals surface area contributed by atoms with Gasteiger partial charge in [-0.1, -0.05) is 38.2 Å². The molecule has 0 spiro atoms. The van der Waals surface area contributed by atoms with Crippen molar-refractivity contribution < 1.29 is 9.47 Å². The number of amidine groups is 1. The molecule has 4 nitrogen and oxygen atoms in total. The number of hydrogen-bond acceptors (Lipinski definition) is 4. The monoisotopic (exact) mass is 306 g/mol. The standard InChI is InChI=1S/C18H30N2O2/c1-5-7-10-18(4)17(14(3)6-2)19-16(20-18)13-21-12-15-9-8-11-22-15/h7,10,15,17H,3,5-6,8-9,11-13H2,1-2,4H3,(H,19,20)/b10-7+/t15?,17-,18+/m1/s1. The van der Waals surface area contributed by atoms with Gasteiger partial charge in [0.15, 0.2) is 0 Å². The minimum absolute atomic E-state index is 0.0848. The first-order chi connectivity index (χ1) is 10.6. The Balaban J connectivity index is 1.93. The Morgan fingerprint density at radius 3 is 3.00 bits per heavy atom. The normalized spacial score (nSPS) is 31.5. The van der Waals surface area contributed by atoms with Crippen LogP contribution < -0.4 is 5.32 Å². The lowest BCUT2D eigenvalue weighted by Gasteiger charge is -2.29. The van der Waals surface area contributed by atoms with Gasteiger partial charge in [-0.2, -0.15) is 0 Å². The summed E-state index contributed by atoms with van der Waals surface area (Å²) in [5.41, 5.74) is 0.968. The predicted octanol–water partition coefficient (Wildman–Crippen LogP) is 3.24. The molecule has 1 unspecified atom stereocenters. The molecule has 1 fully saturated rings. The fraction of sp³-hybridized carbons (Fsp3) is 0.722. The van der Waals surface area contributed by atoms with E-state index in [0.29, 0.717) is 13.2 Å². The Bertz CT molecular complexity index is 438. The fourth-order valence-corrected chi connectivity index (χ4v) is 3.04. The number of nitrogens with one attached hydrogen (secondary N) is 1. The molecule has 3 atom stereocenters. The van der Waals surface area contributed by atoms with Crippen molar-refractivity contribution >= 4 is 5.84 Å². The van der Waals surface area contributed by atoms with Gasteiger partial charge in [-0.05, 0) is 32.6 Å². The molecule has 0 aromatic heterocycles. The van der Waals surface area contributed by atoms with E-state index in [0.717, 1.165) is 43.7 Å². The second kappa shape index (κ2) is 7.93. The van der Waals surface area contributed by atoms with Crippen molar-refractivity contribution in [3.05, 3.63) is 24.3 Å². The van der Waals surface area contributed by atoms with E-state index >= 15 is 0 Å². The van der Waals surface area contributed by atoms with Gasteiger partial charge in [0.2, 0.25) is 0 Å². The molecular weight excluding hydrogens is 276 g/mol. The lowest BCUT2D eigenvalue weighted by Crippen LogP contribution is -2.47. The zero-order valence-corrected chi connectivity index (χ0v) is 14.2. The van der Waals surface area contributed by atoms with E-state index in [9.17, 15) is 0 Å². The first-order valence-corrected chi connectivity index (χ1v) is 8.48. The second-order valence-corrected chi connectivity index (χ2v) is 6.36. The summed E-state index contributed by atoms with van der Waals surface area (Å²) in [6, 6.07) is 0.0848. The van der Waals surface area contributed by atoms with Gasteiger partial charge in [-0.25, -0.2) is 0 Å². The van der Waals surface area contributed by atoms with Crippen LogP contribution >= 0.6 is 0 Å². The van der Waals surface area contributed by atoms with Crippen LogP contribution in [0.1, 0.15) is 46.5 Å². The van der Waals surface area contributed by atoms with Crippen LogP contribution in [-0.4, -0.2) is 43.3 Å². The molecule has 2 heterocycles. The van der Waals surface area contributed by atoms with Gasteiger partial charge in [0, 0.05) is 6.61 Å². The molecule has 0 saturated carbocycles. The van der Waals surface area contributed by atoms with Crippen LogP contribution in [0.2, 0.25) is 0 Å². The number of ether oxygens (including phenoxy) is 2. The van der Waals surface area contributed by atoms with Crippen molar-refractivity contribution in [1.29, 1.82) is 0 Å². The molecule has 0 radical (unpaired) electrons. The maximum atomic E-state index is 5.79. The highest BCUT2D eigenvalue weighted by atomic mass is 16.5. The smallest absolute Gasteiger partial charge is 0.124 e. The maximum absolute atomic E-state index is 5.79. The van der Waals surface area contributed by atoms with Gasteiger partial charge in [-0.3, -0.25) is 4.99 Å². The minimum Gasteiger partial charge on any atom is -0.376 e. The van der Waals surface area contributed by atoms with Gasteiger partial charge in [0.25, 0.3) is 0 Å². The quantitative estimate of drug-likeness (QED) is 0.700. The SMILES string of the molecule is C=C(CC)[C@H]1N=C(COCC2CCCO2)N[C@@]1(C)/C=C/CC. The average Bonchev–Trinajstić information content (AvgIpc) is 3.13. The summed E-state index contributed by atoms with van der Waals surface area (Å²) in [5.74, 6) is 0.917. The highest BCUT2D eigenvalue weighted by Gasteiger charge is 2.38. The third kappa shape index (κ3) is 4.20. The fourth-order valence-electron chi connectivity index (χ4n) is 3.04.